The Kier molecular flexibility index (Phi) is 4.62. The Hall–Kier alpha value is -1.89. The van der Waals surface area contributed by atoms with E-state index in [0.29, 0.717) is 37.6 Å². The fourth-order valence-electron chi connectivity index (χ4n) is 2.37. The van der Waals surface area contributed by atoms with Crippen molar-refractivity contribution in [1.82, 2.24) is 4.98 Å². The first kappa shape index (κ1) is 15.5. The molecule has 2 rings (SSSR count). The van der Waals surface area contributed by atoms with Gasteiger partial charge in [-0.15, -0.1) is 0 Å². The van der Waals surface area contributed by atoms with Crippen LogP contribution in [0.3, 0.4) is 0 Å². The van der Waals surface area contributed by atoms with E-state index in [1.165, 1.54) is 6.07 Å². The lowest BCUT2D eigenvalue weighted by Crippen LogP contribution is -2.43. The van der Waals surface area contributed by atoms with Crippen LogP contribution in [-0.4, -0.2) is 40.2 Å². The lowest BCUT2D eigenvalue weighted by molar-refractivity contribution is -0.384. The van der Waals surface area contributed by atoms with Crippen molar-refractivity contribution in [3.63, 3.8) is 0 Å². The van der Waals surface area contributed by atoms with Crippen molar-refractivity contribution in [2.45, 2.75) is 38.7 Å². The Morgan fingerprint density at radius 3 is 2.71 bits per heavy atom. The number of piperidine rings is 1. The molecule has 1 aliphatic heterocycles. The van der Waals surface area contributed by atoms with E-state index in [2.05, 4.69) is 10.3 Å². The second kappa shape index (κ2) is 6.26. The molecule has 0 bridgehead atoms. The molecule has 1 saturated heterocycles. The number of aliphatic hydroxyl groups is 1. The average Bonchev–Trinajstić information content (AvgIpc) is 2.44. The van der Waals surface area contributed by atoms with Crippen LogP contribution in [0, 0.1) is 10.1 Å². The molecule has 1 fully saturated rings. The lowest BCUT2D eigenvalue weighted by atomic mass is 9.94. The Labute approximate surface area is 124 Å². The number of anilines is 2. The summed E-state index contributed by atoms with van der Waals surface area (Å²) in [7, 11) is 0. The Bertz CT molecular complexity index is 509. The van der Waals surface area contributed by atoms with Crippen molar-refractivity contribution in [2.24, 2.45) is 0 Å². The molecule has 0 aromatic carbocycles. The van der Waals surface area contributed by atoms with Crippen LogP contribution in [0.4, 0.5) is 17.3 Å². The van der Waals surface area contributed by atoms with Gasteiger partial charge in [0.25, 0.3) is 0 Å². The van der Waals surface area contributed by atoms with Crippen molar-refractivity contribution >= 4 is 17.3 Å². The molecule has 116 valence electrons. The minimum atomic E-state index is -0.691. The van der Waals surface area contributed by atoms with Crippen molar-refractivity contribution < 1.29 is 10.0 Å². The second-order valence-corrected chi connectivity index (χ2v) is 5.71. The monoisotopic (exact) mass is 294 g/mol. The summed E-state index contributed by atoms with van der Waals surface area (Å²) in [6.45, 7) is 5.76. The van der Waals surface area contributed by atoms with Crippen molar-refractivity contribution in [2.75, 3.05) is 29.9 Å². The Morgan fingerprint density at radius 1 is 1.48 bits per heavy atom. The topological polar surface area (TPSA) is 91.5 Å². The third kappa shape index (κ3) is 3.81. The highest BCUT2D eigenvalue weighted by Crippen LogP contribution is 2.32. The van der Waals surface area contributed by atoms with Gasteiger partial charge in [-0.3, -0.25) is 10.1 Å². The predicted octanol–water partition coefficient (Wildman–Crippen LogP) is 2.16. The van der Waals surface area contributed by atoms with E-state index in [-0.39, 0.29) is 5.69 Å². The first-order valence-electron chi connectivity index (χ1n) is 7.29. The van der Waals surface area contributed by atoms with Crippen LogP contribution in [0.15, 0.2) is 12.1 Å². The largest absolute Gasteiger partial charge is 0.390 e. The second-order valence-electron chi connectivity index (χ2n) is 5.71. The Morgan fingerprint density at radius 2 is 2.14 bits per heavy atom. The summed E-state index contributed by atoms with van der Waals surface area (Å²) in [6, 6.07) is 3.13. The molecule has 0 spiro atoms. The zero-order chi connectivity index (χ0) is 15.5. The number of nitrogens with zero attached hydrogens (tertiary/aromatic N) is 3. The summed E-state index contributed by atoms with van der Waals surface area (Å²) in [6.07, 6.45) is 2.12. The van der Waals surface area contributed by atoms with E-state index in [1.807, 2.05) is 11.8 Å². The van der Waals surface area contributed by atoms with Gasteiger partial charge in [0.05, 0.1) is 10.5 Å². The van der Waals surface area contributed by atoms with Gasteiger partial charge in [-0.05, 0) is 32.3 Å². The van der Waals surface area contributed by atoms with Crippen molar-refractivity contribution in [3.05, 3.63) is 22.2 Å². The van der Waals surface area contributed by atoms with Crippen LogP contribution in [0.25, 0.3) is 0 Å². The van der Waals surface area contributed by atoms with Crippen LogP contribution >= 0.6 is 0 Å². The van der Waals surface area contributed by atoms with Gasteiger partial charge in [0.2, 0.25) is 5.82 Å². The SMILES string of the molecule is CCCNc1ccc([N+](=O)[O-])c(N2CCC(C)(O)CC2)n1. The number of nitro groups is 1. The van der Waals surface area contributed by atoms with E-state index >= 15 is 0 Å². The number of pyridine rings is 1. The zero-order valence-corrected chi connectivity index (χ0v) is 12.5. The molecule has 21 heavy (non-hydrogen) atoms. The summed E-state index contributed by atoms with van der Waals surface area (Å²) < 4.78 is 0. The molecule has 1 aromatic rings. The minimum Gasteiger partial charge on any atom is -0.390 e. The molecule has 1 aromatic heterocycles. The molecule has 2 N–H and O–H groups in total. The quantitative estimate of drug-likeness (QED) is 0.638. The first-order valence-corrected chi connectivity index (χ1v) is 7.29. The number of nitrogens with one attached hydrogen (secondary N) is 1. The van der Waals surface area contributed by atoms with Gasteiger partial charge in [0.15, 0.2) is 0 Å². The molecule has 0 saturated carbocycles. The molecule has 0 aliphatic carbocycles. The normalized spacial score (nSPS) is 17.6. The van der Waals surface area contributed by atoms with E-state index in [0.717, 1.165) is 13.0 Å². The molecule has 2 heterocycles. The number of rotatable bonds is 5. The number of hydrogen-bond donors (Lipinski definition) is 2. The van der Waals surface area contributed by atoms with E-state index in [9.17, 15) is 15.2 Å². The van der Waals surface area contributed by atoms with Gasteiger partial charge in [0, 0.05) is 25.7 Å². The number of hydrogen-bond acceptors (Lipinski definition) is 6. The van der Waals surface area contributed by atoms with Gasteiger partial charge in [-0.25, -0.2) is 4.98 Å². The van der Waals surface area contributed by atoms with Crippen LogP contribution in [-0.2, 0) is 0 Å². The molecular weight excluding hydrogens is 272 g/mol. The summed E-state index contributed by atoms with van der Waals surface area (Å²) in [5.41, 5.74) is -0.679. The maximum atomic E-state index is 11.2. The highest BCUT2D eigenvalue weighted by molar-refractivity contribution is 5.62. The molecule has 0 atom stereocenters. The fourth-order valence-corrected chi connectivity index (χ4v) is 2.37. The molecule has 1 aliphatic rings. The maximum Gasteiger partial charge on any atom is 0.311 e. The van der Waals surface area contributed by atoms with Crippen LogP contribution in [0.2, 0.25) is 0 Å². The Balaban J connectivity index is 2.24. The predicted molar refractivity (Wildman–Crippen MR) is 81.7 cm³/mol. The molecule has 7 nitrogen and oxygen atoms in total. The maximum absolute atomic E-state index is 11.2. The summed E-state index contributed by atoms with van der Waals surface area (Å²) >= 11 is 0. The average molecular weight is 294 g/mol. The van der Waals surface area contributed by atoms with Gasteiger partial charge in [0.1, 0.15) is 5.82 Å². The van der Waals surface area contributed by atoms with E-state index in [4.69, 9.17) is 0 Å². The van der Waals surface area contributed by atoms with Crippen molar-refractivity contribution in [1.29, 1.82) is 0 Å². The molecular formula is C14H22N4O3. The molecule has 0 amide bonds. The van der Waals surface area contributed by atoms with Gasteiger partial charge in [-0.2, -0.15) is 0 Å². The highest BCUT2D eigenvalue weighted by Gasteiger charge is 2.31. The standard InChI is InChI=1S/C14H22N4O3/c1-3-8-15-12-5-4-11(18(20)21)13(16-12)17-9-6-14(2,19)7-10-17/h4-5,19H,3,6-10H2,1-2H3,(H,15,16). The first-order chi connectivity index (χ1) is 9.93. The van der Waals surface area contributed by atoms with E-state index in [1.54, 1.807) is 13.0 Å². The minimum absolute atomic E-state index is 0.0126. The van der Waals surface area contributed by atoms with Gasteiger partial charge < -0.3 is 15.3 Å². The lowest BCUT2D eigenvalue weighted by Gasteiger charge is -2.36. The molecule has 7 heteroatoms. The molecule has 0 unspecified atom stereocenters. The van der Waals surface area contributed by atoms with Crippen molar-refractivity contribution in [3.8, 4) is 0 Å². The smallest absolute Gasteiger partial charge is 0.311 e. The van der Waals surface area contributed by atoms with E-state index < -0.39 is 10.5 Å². The summed E-state index contributed by atoms with van der Waals surface area (Å²) in [5, 5.41) is 24.3. The third-order valence-electron chi connectivity index (χ3n) is 3.75. The summed E-state index contributed by atoms with van der Waals surface area (Å²) in [5.74, 6) is 1.03. The van der Waals surface area contributed by atoms with Gasteiger partial charge in [-0.1, -0.05) is 6.92 Å². The fraction of sp³-hybridized carbons (Fsp3) is 0.643. The van der Waals surface area contributed by atoms with Crippen LogP contribution in [0.5, 0.6) is 0 Å². The third-order valence-corrected chi connectivity index (χ3v) is 3.75. The summed E-state index contributed by atoms with van der Waals surface area (Å²) in [4.78, 5) is 17.1. The zero-order valence-electron chi connectivity index (χ0n) is 12.5. The highest BCUT2D eigenvalue weighted by atomic mass is 16.6. The van der Waals surface area contributed by atoms with Crippen LogP contribution < -0.4 is 10.2 Å². The van der Waals surface area contributed by atoms with Gasteiger partial charge >= 0.3 is 5.69 Å². The molecule has 0 radical (unpaired) electrons. The number of aromatic nitrogens is 1. The van der Waals surface area contributed by atoms with Crippen LogP contribution in [0.1, 0.15) is 33.1 Å².